The molecule has 0 unspecified atom stereocenters. The second-order valence-corrected chi connectivity index (χ2v) is 28.3. The van der Waals surface area contributed by atoms with Crippen molar-refractivity contribution < 1.29 is 42.7 Å². The predicted molar refractivity (Wildman–Crippen MR) is 412 cm³/mol. The van der Waals surface area contributed by atoms with Crippen LogP contribution in [-0.2, 0) is 23.5 Å². The fourth-order valence-electron chi connectivity index (χ4n) is 10.8. The molecule has 0 radical (unpaired) electrons. The largest absolute Gasteiger partial charge is 0.498 e. The van der Waals surface area contributed by atoms with Gasteiger partial charge in [0.1, 0.15) is 45.8 Å². The van der Waals surface area contributed by atoms with Gasteiger partial charge in [-0.3, -0.25) is 28.6 Å². The van der Waals surface area contributed by atoms with Crippen LogP contribution in [0.15, 0.2) is 127 Å². The lowest BCUT2D eigenvalue weighted by Gasteiger charge is -2.32. The number of H-pyrrole nitrogens is 1. The maximum absolute atomic E-state index is 12.9. The highest BCUT2D eigenvalue weighted by atomic mass is 16.7. The third-order valence-corrected chi connectivity index (χ3v) is 18.3. The first-order valence-electron chi connectivity index (χ1n) is 36.7. The Balaban J connectivity index is 0.000000146. The summed E-state index contributed by atoms with van der Waals surface area (Å²) in [5, 5.41) is 39.3. The number of ether oxygens (including phenoxy) is 3. The minimum absolute atomic E-state index is 0.0829. The summed E-state index contributed by atoms with van der Waals surface area (Å²) in [5.41, 5.74) is 17.0. The van der Waals surface area contributed by atoms with E-state index in [0.29, 0.717) is 95.3 Å². The molecule has 33 heteroatoms. The summed E-state index contributed by atoms with van der Waals surface area (Å²) in [6.45, 7) is 32.1. The van der Waals surface area contributed by atoms with Gasteiger partial charge in [0, 0.05) is 77.8 Å². The van der Waals surface area contributed by atoms with E-state index in [1.165, 1.54) is 50.8 Å². The molecule has 4 aliphatic rings. The van der Waals surface area contributed by atoms with Crippen molar-refractivity contribution in [3.8, 4) is 45.3 Å². The Morgan fingerprint density at radius 2 is 1.02 bits per heavy atom. The molecule has 1 amide bonds. The van der Waals surface area contributed by atoms with E-state index >= 15 is 0 Å². The number of anilines is 2. The number of aromatic nitrogens is 20. The van der Waals surface area contributed by atoms with Crippen molar-refractivity contribution in [1.29, 1.82) is 0 Å². The molecule has 4 N–H and O–H groups in total. The average Bonchev–Trinajstić information content (AvgIpc) is 1.61. The summed E-state index contributed by atoms with van der Waals surface area (Å²) in [6, 6.07) is 19.2. The second-order valence-electron chi connectivity index (χ2n) is 28.3. The SMILES string of the molecule is CC(C)n1nnnc1-c1cccc(N)n1.CC1(C)OB(c2cnn(C3CC3)c2)OC1(C)C.CCOC(=O)c1cc(-c2cnn(C3CC3)c2)c(C)cn1.CCOC(=O)c1cc(=O)c(C)c[nH]1.CCOC(=O)c1cc(C)c(C)cn1.Cc1cnc(C(=O)Nc2cccc(-c3nnnn3C(C)C)n2)cc1-c1cnn(C2CC2)c1. The number of rotatable bonds is 18. The van der Waals surface area contributed by atoms with Crippen LogP contribution in [0, 0.1) is 34.6 Å². The lowest BCUT2D eigenvalue weighted by molar-refractivity contribution is 0.00578. The van der Waals surface area contributed by atoms with Crippen LogP contribution in [0.2, 0.25) is 0 Å². The molecule has 110 heavy (non-hydrogen) atoms. The van der Waals surface area contributed by atoms with Gasteiger partial charge in [-0.2, -0.15) is 15.3 Å². The van der Waals surface area contributed by atoms with Crippen molar-refractivity contribution in [2.75, 3.05) is 30.9 Å². The summed E-state index contributed by atoms with van der Waals surface area (Å²) in [7, 11) is -0.285. The molecule has 11 aromatic heterocycles. The number of nitrogens with zero attached hydrogens (tertiary/aromatic N) is 19. The molecule has 576 valence electrons. The normalized spacial score (nSPS) is 14.4. The summed E-state index contributed by atoms with van der Waals surface area (Å²) in [5.74, 6) is 0.460. The predicted octanol–water partition coefficient (Wildman–Crippen LogP) is 11.4. The first-order valence-corrected chi connectivity index (χ1v) is 36.7. The van der Waals surface area contributed by atoms with Crippen LogP contribution in [0.25, 0.3) is 45.3 Å². The molecule has 0 atom stereocenters. The zero-order valence-electron chi connectivity index (χ0n) is 65.0. The number of carbonyl (C=O) groups excluding carboxylic acids is 4. The van der Waals surface area contributed by atoms with Crippen molar-refractivity contribution in [3.05, 3.63) is 183 Å². The van der Waals surface area contributed by atoms with Crippen molar-refractivity contribution in [3.63, 3.8) is 0 Å². The van der Waals surface area contributed by atoms with Crippen LogP contribution >= 0.6 is 0 Å². The maximum Gasteiger partial charge on any atom is 0.498 e. The van der Waals surface area contributed by atoms with Gasteiger partial charge in [0.2, 0.25) is 11.6 Å². The maximum atomic E-state index is 12.9. The van der Waals surface area contributed by atoms with Gasteiger partial charge in [0.25, 0.3) is 5.91 Å². The van der Waals surface area contributed by atoms with Crippen LogP contribution in [0.4, 0.5) is 11.6 Å². The number of esters is 3. The van der Waals surface area contributed by atoms with Gasteiger partial charge in [-0.25, -0.2) is 43.7 Å². The monoisotopic (exact) mass is 1500 g/mol. The van der Waals surface area contributed by atoms with Gasteiger partial charge in [-0.05, 0) is 246 Å². The third kappa shape index (κ3) is 20.9. The highest BCUT2D eigenvalue weighted by molar-refractivity contribution is 6.62. The summed E-state index contributed by atoms with van der Waals surface area (Å²) in [6.07, 6.45) is 25.5. The van der Waals surface area contributed by atoms with Crippen molar-refractivity contribution in [2.24, 2.45) is 0 Å². The minimum Gasteiger partial charge on any atom is -0.461 e. The van der Waals surface area contributed by atoms with Crippen LogP contribution in [-0.4, -0.2) is 162 Å². The molecule has 12 heterocycles. The molecular formula is C77H95BN22O10. The van der Waals surface area contributed by atoms with E-state index in [2.05, 4.69) is 115 Å². The number of aromatic amines is 1. The zero-order chi connectivity index (χ0) is 79.1. The number of amides is 1. The number of nitrogens with one attached hydrogen (secondary N) is 2. The number of hydrogen-bond donors (Lipinski definition) is 3. The van der Waals surface area contributed by atoms with Crippen molar-refractivity contribution in [1.82, 2.24) is 99.7 Å². The van der Waals surface area contributed by atoms with Crippen molar-refractivity contribution in [2.45, 2.75) is 191 Å². The fourth-order valence-corrected chi connectivity index (χ4v) is 10.8. The Labute approximate surface area is 637 Å². The van der Waals surface area contributed by atoms with Crippen LogP contribution in [0.5, 0.6) is 0 Å². The molecule has 1 saturated heterocycles. The van der Waals surface area contributed by atoms with Gasteiger partial charge in [-0.1, -0.05) is 12.1 Å². The van der Waals surface area contributed by atoms with Gasteiger partial charge < -0.3 is 39.6 Å². The standard InChI is InChI=1S/C22H23N9O.C15H17N3O2.C12H19BN2O2.C10H13NO2.C9H12N6.C9H11NO3/c1-13(2)31-21(27-28-29-31)18-5-4-6-20(25-18)26-22(32)19-9-17(14(3)10-23-19)15-11-24-30(12-15)16-7-8-16;1-3-20-15(19)14-6-13(10(2)7-16-14)11-8-17-18(9-11)12-4-5-12;1-11(2)12(3,4)17-13(16-11)9-7-14-15(8-9)10-5-6-10;1-4-13-10(12)9-5-7(2)8(3)6-11-9;1-6(2)15-9(12-13-14-15)7-4-3-5-8(10)11-7;1-3-13-9(12)7-4-8(11)6(2)5-10-7/h4-6,9-13,16H,7-8H2,1-3H3,(H,25,26,32);6-9,12H,3-5H2,1-2H3;7-8,10H,5-6H2,1-4H3;5-6H,4H2,1-3H3;3-6H,1-2H3,(H2,10,11);4-5H,3H2,1-2H3,(H,10,11). The van der Waals surface area contributed by atoms with Gasteiger partial charge in [-0.15, -0.1) is 10.2 Å². The summed E-state index contributed by atoms with van der Waals surface area (Å²) in [4.78, 5) is 82.0. The molecule has 0 bridgehead atoms. The van der Waals surface area contributed by atoms with Gasteiger partial charge in [0.05, 0.1) is 73.6 Å². The number of nitrogens with two attached hydrogens (primary N) is 1. The first-order chi connectivity index (χ1) is 52.5. The lowest BCUT2D eigenvalue weighted by atomic mass is 9.82. The van der Waals surface area contributed by atoms with Gasteiger partial charge in [0.15, 0.2) is 5.43 Å². The highest BCUT2D eigenvalue weighted by Gasteiger charge is 2.52. The first kappa shape index (κ1) is 80.7. The molecule has 1 aliphatic heterocycles. The smallest absolute Gasteiger partial charge is 0.461 e. The number of nitrogen functional groups attached to an aromatic ring is 1. The topological polar surface area (TPSA) is 390 Å². The average molecular weight is 1500 g/mol. The quantitative estimate of drug-likeness (QED) is 0.0408. The molecule has 4 fully saturated rings. The Hall–Kier alpha value is -11.9. The van der Waals surface area contributed by atoms with E-state index < -0.39 is 5.97 Å². The van der Waals surface area contributed by atoms with Crippen molar-refractivity contribution >= 4 is 48.0 Å². The number of aryl methyl sites for hydroxylation is 5. The second kappa shape index (κ2) is 35.9. The van der Waals surface area contributed by atoms with E-state index in [0.717, 1.165) is 50.0 Å². The number of hydrogen-bond acceptors (Lipinski definition) is 25. The number of tetrazole rings is 2. The number of carbonyl (C=O) groups is 4. The number of pyridine rings is 6. The third-order valence-electron chi connectivity index (χ3n) is 18.3. The Bertz CT molecular complexity index is 5050. The Morgan fingerprint density at radius 1 is 0.564 bits per heavy atom. The molecule has 0 aromatic carbocycles. The zero-order valence-corrected chi connectivity index (χ0v) is 65.0. The van der Waals surface area contributed by atoms with E-state index in [1.54, 1.807) is 98.1 Å². The van der Waals surface area contributed by atoms with E-state index in [9.17, 15) is 24.0 Å². The van der Waals surface area contributed by atoms with Crippen LogP contribution in [0.3, 0.4) is 0 Å². The fraction of sp³-hybridized carbons (Fsp3) is 0.416. The molecule has 3 aliphatic carbocycles. The Morgan fingerprint density at radius 3 is 1.50 bits per heavy atom. The van der Waals surface area contributed by atoms with E-state index in [4.69, 9.17) is 29.3 Å². The van der Waals surface area contributed by atoms with E-state index in [-0.39, 0.29) is 59.4 Å². The Kier molecular flexibility index (Phi) is 26.3. The lowest BCUT2D eigenvalue weighted by Crippen LogP contribution is -2.41. The van der Waals surface area contributed by atoms with Gasteiger partial charge >= 0.3 is 25.0 Å². The van der Waals surface area contributed by atoms with E-state index in [1.807, 2.05) is 113 Å². The highest BCUT2D eigenvalue weighted by Crippen LogP contribution is 2.39. The van der Waals surface area contributed by atoms with Crippen LogP contribution < -0.4 is 21.9 Å². The molecular weight excluding hydrogens is 1400 g/mol. The summed E-state index contributed by atoms with van der Waals surface area (Å²) < 4.78 is 35.9. The minimum atomic E-state index is -0.500. The van der Waals surface area contributed by atoms with Crippen LogP contribution in [0.1, 0.15) is 215 Å². The molecule has 3 saturated carbocycles. The molecule has 15 rings (SSSR count). The summed E-state index contributed by atoms with van der Waals surface area (Å²) >= 11 is 0. The molecule has 0 spiro atoms. The molecule has 11 aromatic rings. The molecule has 32 nitrogen and oxygen atoms in total.